The topological polar surface area (TPSA) is 89.7 Å². The van der Waals surface area contributed by atoms with Crippen LogP contribution >= 0.6 is 0 Å². The number of sulfonamides is 1. The SMILES string of the molecule is C#C[C@H]1CC[C@H](c2ccccc2)S(=O)(=O)N1Cc1ccc(C2(C(N)=O)CCOCC2)cc1F. The monoisotopic (exact) mass is 470 g/mol. The van der Waals surface area contributed by atoms with Crippen LogP contribution < -0.4 is 5.73 Å². The lowest BCUT2D eigenvalue weighted by atomic mass is 9.73. The maximum atomic E-state index is 15.2. The Kier molecular flexibility index (Phi) is 6.57. The lowest BCUT2D eigenvalue weighted by molar-refractivity contribution is -0.127. The fourth-order valence-corrected chi connectivity index (χ4v) is 6.96. The van der Waals surface area contributed by atoms with E-state index in [1.807, 2.05) is 6.07 Å². The van der Waals surface area contributed by atoms with Crippen molar-refractivity contribution in [1.82, 2.24) is 4.31 Å². The number of halogens is 1. The predicted octanol–water partition coefficient (Wildman–Crippen LogP) is 3.03. The molecule has 2 fully saturated rings. The number of hydrogen-bond acceptors (Lipinski definition) is 4. The molecule has 33 heavy (non-hydrogen) atoms. The Morgan fingerprint density at radius 1 is 1.18 bits per heavy atom. The molecule has 2 aromatic carbocycles. The number of carbonyl (C=O) groups is 1. The number of amides is 1. The van der Waals surface area contributed by atoms with Crippen molar-refractivity contribution in [1.29, 1.82) is 0 Å². The molecule has 0 spiro atoms. The van der Waals surface area contributed by atoms with E-state index in [1.54, 1.807) is 30.3 Å². The second-order valence-electron chi connectivity index (χ2n) is 8.61. The zero-order valence-electron chi connectivity index (χ0n) is 18.2. The molecule has 0 unspecified atom stereocenters. The smallest absolute Gasteiger partial charge is 0.228 e. The normalized spacial score (nSPS) is 24.6. The van der Waals surface area contributed by atoms with Crippen molar-refractivity contribution in [3.63, 3.8) is 0 Å². The number of nitrogens with zero attached hydrogens (tertiary/aromatic N) is 1. The van der Waals surface area contributed by atoms with E-state index >= 15 is 4.39 Å². The van der Waals surface area contributed by atoms with Gasteiger partial charge in [0.05, 0.1) is 11.5 Å². The molecule has 2 atom stereocenters. The molecule has 0 aromatic heterocycles. The van der Waals surface area contributed by atoms with E-state index in [9.17, 15) is 13.2 Å². The molecule has 6 nitrogen and oxygen atoms in total. The average Bonchev–Trinajstić information content (AvgIpc) is 2.82. The maximum absolute atomic E-state index is 15.2. The largest absolute Gasteiger partial charge is 0.381 e. The predicted molar refractivity (Wildman–Crippen MR) is 123 cm³/mol. The van der Waals surface area contributed by atoms with Gasteiger partial charge < -0.3 is 10.5 Å². The summed E-state index contributed by atoms with van der Waals surface area (Å²) in [6.07, 6.45) is 7.29. The Balaban J connectivity index is 1.65. The summed E-state index contributed by atoms with van der Waals surface area (Å²) in [5.41, 5.74) is 6.07. The fraction of sp³-hybridized carbons (Fsp3) is 0.400. The van der Waals surface area contributed by atoms with Crippen LogP contribution in [0.25, 0.3) is 0 Å². The van der Waals surface area contributed by atoms with E-state index in [-0.39, 0.29) is 12.1 Å². The minimum absolute atomic E-state index is 0.181. The maximum Gasteiger partial charge on any atom is 0.228 e. The third kappa shape index (κ3) is 4.29. The van der Waals surface area contributed by atoms with Gasteiger partial charge in [0.15, 0.2) is 0 Å². The summed E-state index contributed by atoms with van der Waals surface area (Å²) in [5, 5.41) is -0.731. The quantitative estimate of drug-likeness (QED) is 0.681. The molecule has 0 bridgehead atoms. The van der Waals surface area contributed by atoms with Crippen molar-refractivity contribution in [2.45, 2.75) is 48.9 Å². The van der Waals surface area contributed by atoms with E-state index in [2.05, 4.69) is 5.92 Å². The van der Waals surface area contributed by atoms with Gasteiger partial charge in [-0.3, -0.25) is 4.79 Å². The molecule has 2 N–H and O–H groups in total. The minimum Gasteiger partial charge on any atom is -0.381 e. The van der Waals surface area contributed by atoms with E-state index in [4.69, 9.17) is 16.9 Å². The Morgan fingerprint density at radius 2 is 1.88 bits per heavy atom. The van der Waals surface area contributed by atoms with E-state index in [1.165, 1.54) is 16.4 Å². The van der Waals surface area contributed by atoms with Gasteiger partial charge in [0.2, 0.25) is 15.9 Å². The molecule has 2 saturated heterocycles. The minimum atomic E-state index is -3.82. The van der Waals surface area contributed by atoms with Crippen LogP contribution in [0, 0.1) is 18.2 Å². The molecule has 2 heterocycles. The lowest BCUT2D eigenvalue weighted by Crippen LogP contribution is -2.46. The van der Waals surface area contributed by atoms with Crippen LogP contribution in [-0.2, 0) is 31.5 Å². The molecule has 0 radical (unpaired) electrons. The summed E-state index contributed by atoms with van der Waals surface area (Å²) in [5.74, 6) is 1.45. The van der Waals surface area contributed by atoms with Crippen molar-refractivity contribution in [2.75, 3.05) is 13.2 Å². The molecular formula is C25H27FN2O4S. The highest BCUT2D eigenvalue weighted by Crippen LogP contribution is 2.39. The zero-order chi connectivity index (χ0) is 23.6. The van der Waals surface area contributed by atoms with Gasteiger partial charge in [0.25, 0.3) is 0 Å². The number of primary amides is 1. The van der Waals surface area contributed by atoms with Crippen LogP contribution in [0.1, 0.15) is 47.6 Å². The molecule has 174 valence electrons. The number of terminal acetylenes is 1. The Hall–Kier alpha value is -2.73. The highest BCUT2D eigenvalue weighted by atomic mass is 32.2. The first-order valence-corrected chi connectivity index (χ1v) is 12.5. The van der Waals surface area contributed by atoms with Crippen LogP contribution in [0.4, 0.5) is 4.39 Å². The molecule has 2 aliphatic rings. The first-order valence-electron chi connectivity index (χ1n) is 11.0. The Morgan fingerprint density at radius 3 is 2.48 bits per heavy atom. The van der Waals surface area contributed by atoms with Crippen molar-refractivity contribution < 1.29 is 22.3 Å². The number of carbonyl (C=O) groups excluding carboxylic acids is 1. The second kappa shape index (κ2) is 9.26. The third-order valence-corrected chi connectivity index (χ3v) is 9.11. The Bertz CT molecular complexity index is 1170. The number of ether oxygens (including phenoxy) is 1. The molecule has 1 amide bonds. The van der Waals surface area contributed by atoms with Gasteiger partial charge in [-0.25, -0.2) is 12.8 Å². The van der Waals surface area contributed by atoms with Crippen LogP contribution in [0.5, 0.6) is 0 Å². The summed E-state index contributed by atoms with van der Waals surface area (Å²) in [7, 11) is -3.82. The van der Waals surface area contributed by atoms with Gasteiger partial charge in [-0.15, -0.1) is 6.42 Å². The summed E-state index contributed by atoms with van der Waals surface area (Å²) in [6, 6.07) is 12.8. The molecule has 2 aromatic rings. The van der Waals surface area contributed by atoms with Crippen molar-refractivity contribution >= 4 is 15.9 Å². The first-order chi connectivity index (χ1) is 15.8. The molecule has 8 heteroatoms. The summed E-state index contributed by atoms with van der Waals surface area (Å²) in [6.45, 7) is 0.547. The van der Waals surface area contributed by atoms with Crippen molar-refractivity contribution in [3.8, 4) is 12.3 Å². The number of benzene rings is 2. The zero-order valence-corrected chi connectivity index (χ0v) is 19.1. The van der Waals surface area contributed by atoms with Crippen LogP contribution in [0.3, 0.4) is 0 Å². The standard InChI is InChI=1S/C25H27FN2O4S/c1-2-21-10-11-23(18-6-4-3-5-7-18)33(30,31)28(21)17-19-8-9-20(16-22(19)26)25(24(27)29)12-14-32-15-13-25/h1,3-9,16,21,23H,10-15,17H2,(H2,27,29)/t21-,23+/m0/s1. The summed E-state index contributed by atoms with van der Waals surface area (Å²) in [4.78, 5) is 12.3. The van der Waals surface area contributed by atoms with Gasteiger partial charge in [0, 0.05) is 25.3 Å². The lowest BCUT2D eigenvalue weighted by Gasteiger charge is -2.37. The third-order valence-electron chi connectivity index (χ3n) is 6.85. The molecule has 0 saturated carbocycles. The average molecular weight is 471 g/mol. The van der Waals surface area contributed by atoms with E-state index < -0.39 is 38.5 Å². The van der Waals surface area contributed by atoms with Gasteiger partial charge in [0.1, 0.15) is 11.1 Å². The van der Waals surface area contributed by atoms with E-state index in [0.717, 1.165) is 0 Å². The fourth-order valence-electron chi connectivity index (χ4n) is 4.85. The van der Waals surface area contributed by atoms with Gasteiger partial charge in [-0.05, 0) is 42.9 Å². The Labute approximate surface area is 194 Å². The summed E-state index contributed by atoms with van der Waals surface area (Å²) < 4.78 is 48.8. The van der Waals surface area contributed by atoms with Gasteiger partial charge in [-0.2, -0.15) is 4.31 Å². The number of rotatable bonds is 5. The van der Waals surface area contributed by atoms with E-state index in [0.29, 0.717) is 50.0 Å². The van der Waals surface area contributed by atoms with Gasteiger partial charge >= 0.3 is 0 Å². The second-order valence-corrected chi connectivity index (χ2v) is 10.7. The van der Waals surface area contributed by atoms with Crippen molar-refractivity contribution in [2.24, 2.45) is 5.73 Å². The van der Waals surface area contributed by atoms with Crippen LogP contribution in [-0.4, -0.2) is 37.9 Å². The number of hydrogen-bond donors (Lipinski definition) is 1. The molecular weight excluding hydrogens is 443 g/mol. The molecule has 4 rings (SSSR count). The van der Waals surface area contributed by atoms with Gasteiger partial charge in [-0.1, -0.05) is 48.4 Å². The number of nitrogens with two attached hydrogens (primary N) is 1. The molecule has 0 aliphatic carbocycles. The first kappa shape index (κ1) is 23.4. The van der Waals surface area contributed by atoms with Crippen molar-refractivity contribution in [3.05, 3.63) is 71.0 Å². The highest BCUT2D eigenvalue weighted by Gasteiger charge is 2.43. The highest BCUT2D eigenvalue weighted by molar-refractivity contribution is 7.89. The van der Waals surface area contributed by atoms with Crippen LogP contribution in [0.15, 0.2) is 48.5 Å². The molecule has 2 aliphatic heterocycles. The summed E-state index contributed by atoms with van der Waals surface area (Å²) >= 11 is 0. The van der Waals surface area contributed by atoms with Crippen LogP contribution in [0.2, 0.25) is 0 Å².